The number of rotatable bonds is 3. The molecule has 4 aliphatic carbocycles. The number of anilines is 6. The van der Waals surface area contributed by atoms with E-state index in [-0.39, 0.29) is 12.1 Å². The minimum Gasteiger partial charge on any atom is -0.456 e. The lowest BCUT2D eigenvalue weighted by Gasteiger charge is -2.64. The maximum Gasteiger partial charge on any atom is 0.252 e. The van der Waals surface area contributed by atoms with Crippen LogP contribution in [0.3, 0.4) is 0 Å². The van der Waals surface area contributed by atoms with Crippen LogP contribution in [0.4, 0.5) is 34.1 Å². The third-order valence-electron chi connectivity index (χ3n) is 16.0. The van der Waals surface area contributed by atoms with E-state index in [9.17, 15) is 0 Å². The van der Waals surface area contributed by atoms with Gasteiger partial charge in [0, 0.05) is 44.6 Å². The standard InChI is InChI=1S/C55H45BN2O/c1-32(2)35-20-23-39(24-21-35)57-47-25-22-36(40-11-7-19-51-52(40)41-10-3-6-18-50(41)59-51)31-45(47)56-44-14-8-13-43-54(44)58(49-17-9-16-48(57)53(49)56)46-15-5-4-12-42(46)55(43)37-27-33-26-34(29-37)30-38(55)28-33/h3-25,31-34,37-38H,26-30H2,1-2H3. The largest absolute Gasteiger partial charge is 0.456 e. The number of hydrogen-bond acceptors (Lipinski definition) is 3. The van der Waals surface area contributed by atoms with Crippen LogP contribution in [-0.2, 0) is 5.41 Å². The van der Waals surface area contributed by atoms with Crippen molar-refractivity contribution in [3.8, 4) is 11.1 Å². The van der Waals surface area contributed by atoms with Gasteiger partial charge >= 0.3 is 0 Å². The average Bonchev–Trinajstić information content (AvgIpc) is 3.65. The zero-order chi connectivity index (χ0) is 38.7. The summed E-state index contributed by atoms with van der Waals surface area (Å²) in [5.41, 5.74) is 21.0. The molecule has 3 nitrogen and oxygen atoms in total. The van der Waals surface area contributed by atoms with Crippen LogP contribution in [0.2, 0.25) is 0 Å². The predicted molar refractivity (Wildman–Crippen MR) is 245 cm³/mol. The van der Waals surface area contributed by atoms with E-state index in [1.54, 1.807) is 11.1 Å². The van der Waals surface area contributed by atoms with Gasteiger partial charge in [-0.25, -0.2) is 0 Å². The Bertz CT molecular complexity index is 3060. The van der Waals surface area contributed by atoms with Crippen molar-refractivity contribution in [1.82, 2.24) is 0 Å². The molecule has 4 heterocycles. The number of hydrogen-bond donors (Lipinski definition) is 0. The molecule has 0 atom stereocenters. The Hall–Kier alpha value is -6.00. The van der Waals surface area contributed by atoms with E-state index < -0.39 is 0 Å². The molecule has 4 bridgehead atoms. The topological polar surface area (TPSA) is 19.6 Å². The Morgan fingerprint density at radius 1 is 0.576 bits per heavy atom. The fourth-order valence-corrected chi connectivity index (χ4v) is 14.0. The second-order valence-electron chi connectivity index (χ2n) is 19.0. The Kier molecular flexibility index (Phi) is 6.47. The summed E-state index contributed by atoms with van der Waals surface area (Å²) in [6, 6.07) is 55.9. The minimum absolute atomic E-state index is 0.0580. The zero-order valence-corrected chi connectivity index (χ0v) is 33.7. The second-order valence-corrected chi connectivity index (χ2v) is 19.0. The maximum atomic E-state index is 6.44. The predicted octanol–water partition coefficient (Wildman–Crippen LogP) is 12.5. The Morgan fingerprint density at radius 2 is 1.25 bits per heavy atom. The summed E-state index contributed by atoms with van der Waals surface area (Å²) < 4.78 is 6.44. The van der Waals surface area contributed by atoms with Gasteiger partial charge in [0.2, 0.25) is 0 Å². The second kappa shape index (κ2) is 11.6. The number of nitrogens with zero attached hydrogens (tertiary/aromatic N) is 2. The van der Waals surface area contributed by atoms with E-state index in [0.29, 0.717) is 17.8 Å². The van der Waals surface area contributed by atoms with Crippen molar-refractivity contribution < 1.29 is 4.42 Å². The summed E-state index contributed by atoms with van der Waals surface area (Å²) >= 11 is 0. The van der Waals surface area contributed by atoms with Crippen LogP contribution < -0.4 is 26.2 Å². The fourth-order valence-electron chi connectivity index (χ4n) is 14.0. The highest BCUT2D eigenvalue weighted by atomic mass is 16.3. The number of fused-ring (bicyclic) bond motifs is 9. The van der Waals surface area contributed by atoms with Gasteiger partial charge in [0.15, 0.2) is 0 Å². The molecule has 59 heavy (non-hydrogen) atoms. The Labute approximate surface area is 346 Å². The van der Waals surface area contributed by atoms with Crippen molar-refractivity contribution in [2.24, 2.45) is 23.7 Å². The van der Waals surface area contributed by atoms with E-state index >= 15 is 0 Å². The zero-order valence-electron chi connectivity index (χ0n) is 33.7. The van der Waals surface area contributed by atoms with Crippen molar-refractivity contribution in [1.29, 1.82) is 0 Å². The highest BCUT2D eigenvalue weighted by molar-refractivity contribution is 7.00. The molecule has 0 amide bonds. The van der Waals surface area contributed by atoms with Crippen LogP contribution in [0.1, 0.15) is 68.6 Å². The first-order valence-corrected chi connectivity index (χ1v) is 22.2. The molecule has 0 unspecified atom stereocenters. The van der Waals surface area contributed by atoms with E-state index in [1.807, 2.05) is 0 Å². The molecule has 4 saturated carbocycles. The lowest BCUT2D eigenvalue weighted by atomic mass is 9.32. The maximum absolute atomic E-state index is 6.44. The van der Waals surface area contributed by atoms with Gasteiger partial charge in [0.25, 0.3) is 6.71 Å². The van der Waals surface area contributed by atoms with Crippen molar-refractivity contribution in [3.05, 3.63) is 162 Å². The molecule has 7 aliphatic rings. The molecule has 7 aromatic carbocycles. The van der Waals surface area contributed by atoms with Crippen molar-refractivity contribution in [2.75, 3.05) is 9.80 Å². The van der Waals surface area contributed by atoms with Crippen LogP contribution in [0, 0.1) is 23.7 Å². The van der Waals surface area contributed by atoms with Gasteiger partial charge in [-0.2, -0.15) is 0 Å². The van der Waals surface area contributed by atoms with Crippen LogP contribution in [0.25, 0.3) is 33.1 Å². The monoisotopic (exact) mass is 760 g/mol. The first-order valence-electron chi connectivity index (χ1n) is 22.2. The van der Waals surface area contributed by atoms with E-state index in [1.165, 1.54) is 110 Å². The fraction of sp³-hybridized carbons (Fsp3) is 0.236. The molecule has 15 rings (SSSR count). The van der Waals surface area contributed by atoms with Crippen LogP contribution >= 0.6 is 0 Å². The molecular weight excluding hydrogens is 715 g/mol. The highest BCUT2D eigenvalue weighted by Crippen LogP contribution is 2.69. The first kappa shape index (κ1) is 32.9. The summed E-state index contributed by atoms with van der Waals surface area (Å²) in [6.45, 7) is 4.64. The number of benzene rings is 7. The molecule has 0 saturated heterocycles. The molecule has 3 aliphatic heterocycles. The Balaban J connectivity index is 1.06. The smallest absolute Gasteiger partial charge is 0.252 e. The summed E-state index contributed by atoms with van der Waals surface area (Å²) in [4.78, 5) is 5.26. The van der Waals surface area contributed by atoms with Crippen LogP contribution in [0.5, 0.6) is 0 Å². The minimum atomic E-state index is 0.0580. The third kappa shape index (κ3) is 4.15. The molecule has 4 heteroatoms. The van der Waals surface area contributed by atoms with Crippen LogP contribution in [0.15, 0.2) is 150 Å². The van der Waals surface area contributed by atoms with Gasteiger partial charge in [-0.1, -0.05) is 111 Å². The van der Waals surface area contributed by atoms with Gasteiger partial charge in [-0.15, -0.1) is 0 Å². The lowest BCUT2D eigenvalue weighted by molar-refractivity contribution is -0.0419. The summed E-state index contributed by atoms with van der Waals surface area (Å²) in [6.07, 6.45) is 6.96. The highest BCUT2D eigenvalue weighted by Gasteiger charge is 2.62. The van der Waals surface area contributed by atoms with E-state index in [4.69, 9.17) is 4.42 Å². The quantitative estimate of drug-likeness (QED) is 0.167. The normalized spacial score (nSPS) is 23.9. The Morgan fingerprint density at radius 3 is 2.07 bits per heavy atom. The van der Waals surface area contributed by atoms with Gasteiger partial charge in [-0.3, -0.25) is 0 Å². The first-order chi connectivity index (χ1) is 29.1. The van der Waals surface area contributed by atoms with E-state index in [2.05, 4.69) is 169 Å². The number of furan rings is 1. The molecule has 1 aromatic heterocycles. The van der Waals surface area contributed by atoms with Crippen molar-refractivity contribution >= 4 is 79.2 Å². The average molecular weight is 761 g/mol. The molecule has 4 fully saturated rings. The van der Waals surface area contributed by atoms with Gasteiger partial charge in [0.05, 0.1) is 5.69 Å². The van der Waals surface area contributed by atoms with Gasteiger partial charge in [-0.05, 0) is 154 Å². The van der Waals surface area contributed by atoms with Gasteiger partial charge < -0.3 is 14.2 Å². The number of para-hydroxylation sites is 3. The summed E-state index contributed by atoms with van der Waals surface area (Å²) in [5, 5.41) is 2.36. The molecule has 284 valence electrons. The molecular formula is C55H45BN2O. The van der Waals surface area contributed by atoms with E-state index in [0.717, 1.165) is 23.0 Å². The molecule has 8 aromatic rings. The molecule has 1 spiro atoms. The summed E-state index contributed by atoms with van der Waals surface area (Å²) in [5.74, 6) is 3.66. The lowest BCUT2D eigenvalue weighted by Crippen LogP contribution is -2.64. The van der Waals surface area contributed by atoms with Gasteiger partial charge in [0.1, 0.15) is 11.2 Å². The molecule has 0 N–H and O–H groups in total. The third-order valence-corrected chi connectivity index (χ3v) is 16.0. The molecule has 0 radical (unpaired) electrons. The summed E-state index contributed by atoms with van der Waals surface area (Å²) in [7, 11) is 0. The van der Waals surface area contributed by atoms with Crippen LogP contribution in [-0.4, -0.2) is 6.71 Å². The van der Waals surface area contributed by atoms with Crippen molar-refractivity contribution in [3.63, 3.8) is 0 Å². The van der Waals surface area contributed by atoms with Crippen molar-refractivity contribution in [2.45, 2.75) is 57.3 Å². The SMILES string of the molecule is CC(C)c1ccc(N2c3ccc(-c4cccc5oc6ccccc6c45)cc3B3c4cccc5c4N(c4ccccc4C54C5CC6CC(C5)CC4C6)c4cccc2c43)cc1.